The van der Waals surface area contributed by atoms with Crippen LogP contribution in [-0.4, -0.2) is 25.1 Å². The van der Waals surface area contributed by atoms with Gasteiger partial charge < -0.3 is 14.8 Å². The lowest BCUT2D eigenvalue weighted by molar-refractivity contribution is -0.119. The van der Waals surface area contributed by atoms with Crippen molar-refractivity contribution in [3.8, 4) is 11.5 Å². The first-order valence-electron chi connectivity index (χ1n) is 7.48. The number of carbonyl (C=O) groups excluding carboxylic acids is 1. The highest BCUT2D eigenvalue weighted by molar-refractivity contribution is 5.92. The van der Waals surface area contributed by atoms with Crippen LogP contribution in [0.1, 0.15) is 18.1 Å². The Morgan fingerprint density at radius 2 is 1.96 bits per heavy atom. The Balaban J connectivity index is 2.05. The number of benzene rings is 1. The minimum absolute atomic E-state index is 0.0541. The molecule has 2 aromatic rings. The molecule has 1 atom stereocenters. The van der Waals surface area contributed by atoms with Crippen molar-refractivity contribution in [1.29, 1.82) is 0 Å². The molecule has 5 heteroatoms. The number of carbonyl (C=O) groups is 1. The van der Waals surface area contributed by atoms with Crippen molar-refractivity contribution in [1.82, 2.24) is 4.98 Å². The number of methoxy groups -OCH3 is 2. The Labute approximate surface area is 136 Å². The van der Waals surface area contributed by atoms with Gasteiger partial charge in [0.1, 0.15) is 5.82 Å². The summed E-state index contributed by atoms with van der Waals surface area (Å²) < 4.78 is 10.5. The quantitative estimate of drug-likeness (QED) is 0.889. The van der Waals surface area contributed by atoms with Gasteiger partial charge in [0.25, 0.3) is 0 Å². The zero-order valence-electron chi connectivity index (χ0n) is 13.9. The summed E-state index contributed by atoms with van der Waals surface area (Å²) in [7, 11) is 3.20. The molecule has 1 aromatic carbocycles. The van der Waals surface area contributed by atoms with E-state index in [0.29, 0.717) is 23.7 Å². The SMILES string of the molecule is COc1ccc(CC(C)C(=O)Nc2ncccc2C)cc1OC. The Morgan fingerprint density at radius 3 is 2.61 bits per heavy atom. The number of aryl methyl sites for hydroxylation is 1. The van der Waals surface area contributed by atoms with E-state index in [4.69, 9.17) is 9.47 Å². The minimum atomic E-state index is -0.186. The molecule has 0 aliphatic carbocycles. The van der Waals surface area contributed by atoms with Crippen molar-refractivity contribution in [2.75, 3.05) is 19.5 Å². The standard InChI is InChI=1S/C18H22N2O3/c1-12-6-5-9-19-17(12)20-18(21)13(2)10-14-7-8-15(22-3)16(11-14)23-4/h5-9,11,13H,10H2,1-4H3,(H,19,20,21). The van der Waals surface area contributed by atoms with Gasteiger partial charge in [-0.1, -0.05) is 19.1 Å². The zero-order chi connectivity index (χ0) is 16.8. The molecule has 0 radical (unpaired) electrons. The molecule has 2 rings (SSSR count). The van der Waals surface area contributed by atoms with Crippen molar-refractivity contribution in [2.24, 2.45) is 5.92 Å². The summed E-state index contributed by atoms with van der Waals surface area (Å²) in [6.07, 6.45) is 2.28. The van der Waals surface area contributed by atoms with Gasteiger partial charge in [-0.05, 0) is 42.7 Å². The van der Waals surface area contributed by atoms with E-state index >= 15 is 0 Å². The Kier molecular flexibility index (Phi) is 5.57. The molecule has 5 nitrogen and oxygen atoms in total. The second-order valence-corrected chi connectivity index (χ2v) is 5.45. The van der Waals surface area contributed by atoms with E-state index < -0.39 is 0 Å². The molecule has 1 aromatic heterocycles. The zero-order valence-corrected chi connectivity index (χ0v) is 13.9. The molecule has 1 N–H and O–H groups in total. The van der Waals surface area contributed by atoms with Crippen LogP contribution in [0, 0.1) is 12.8 Å². The van der Waals surface area contributed by atoms with Crippen LogP contribution in [0.5, 0.6) is 11.5 Å². The van der Waals surface area contributed by atoms with Crippen LogP contribution in [0.25, 0.3) is 0 Å². The van der Waals surface area contributed by atoms with E-state index in [9.17, 15) is 4.79 Å². The molecule has 0 saturated heterocycles. The molecule has 122 valence electrons. The summed E-state index contributed by atoms with van der Waals surface area (Å²) in [6.45, 7) is 3.81. The Morgan fingerprint density at radius 1 is 1.22 bits per heavy atom. The van der Waals surface area contributed by atoms with Crippen molar-refractivity contribution in [3.05, 3.63) is 47.7 Å². The summed E-state index contributed by atoms with van der Waals surface area (Å²) >= 11 is 0. The van der Waals surface area contributed by atoms with Gasteiger partial charge in [-0.25, -0.2) is 4.98 Å². The molecule has 0 fully saturated rings. The lowest BCUT2D eigenvalue weighted by Gasteiger charge is -2.14. The molecule has 0 bridgehead atoms. The molecule has 1 amide bonds. The van der Waals surface area contributed by atoms with Crippen LogP contribution in [0.15, 0.2) is 36.5 Å². The van der Waals surface area contributed by atoms with E-state index in [2.05, 4.69) is 10.3 Å². The fourth-order valence-electron chi connectivity index (χ4n) is 2.31. The first-order chi connectivity index (χ1) is 11.0. The lowest BCUT2D eigenvalue weighted by atomic mass is 10.00. The van der Waals surface area contributed by atoms with Gasteiger partial charge in [-0.3, -0.25) is 4.79 Å². The van der Waals surface area contributed by atoms with Crippen LogP contribution in [0.2, 0.25) is 0 Å². The fourth-order valence-corrected chi connectivity index (χ4v) is 2.31. The number of pyridine rings is 1. The molecular weight excluding hydrogens is 292 g/mol. The lowest BCUT2D eigenvalue weighted by Crippen LogP contribution is -2.23. The van der Waals surface area contributed by atoms with E-state index in [1.165, 1.54) is 0 Å². The predicted molar refractivity (Wildman–Crippen MR) is 90.0 cm³/mol. The van der Waals surface area contributed by atoms with Gasteiger partial charge in [-0.2, -0.15) is 0 Å². The number of hydrogen-bond acceptors (Lipinski definition) is 4. The summed E-state index contributed by atoms with van der Waals surface area (Å²) in [5.41, 5.74) is 1.96. The first-order valence-corrected chi connectivity index (χ1v) is 7.48. The molecule has 1 heterocycles. The van der Waals surface area contributed by atoms with Crippen LogP contribution in [0.3, 0.4) is 0 Å². The number of rotatable bonds is 6. The molecule has 0 aliphatic heterocycles. The Bertz CT molecular complexity index is 686. The van der Waals surface area contributed by atoms with Gasteiger partial charge in [0.15, 0.2) is 11.5 Å². The maximum Gasteiger partial charge on any atom is 0.228 e. The second-order valence-electron chi connectivity index (χ2n) is 5.45. The van der Waals surface area contributed by atoms with E-state index in [0.717, 1.165) is 11.1 Å². The third-order valence-corrected chi connectivity index (χ3v) is 3.69. The number of aromatic nitrogens is 1. The van der Waals surface area contributed by atoms with Crippen molar-refractivity contribution >= 4 is 11.7 Å². The second kappa shape index (κ2) is 7.63. The smallest absolute Gasteiger partial charge is 0.228 e. The fraction of sp³-hybridized carbons (Fsp3) is 0.333. The van der Waals surface area contributed by atoms with Crippen LogP contribution >= 0.6 is 0 Å². The predicted octanol–water partition coefficient (Wildman–Crippen LogP) is 3.22. The van der Waals surface area contributed by atoms with Gasteiger partial charge in [-0.15, -0.1) is 0 Å². The minimum Gasteiger partial charge on any atom is -0.493 e. The number of amides is 1. The molecule has 0 saturated carbocycles. The number of ether oxygens (including phenoxy) is 2. The summed E-state index contributed by atoms with van der Waals surface area (Å²) in [4.78, 5) is 16.5. The molecule has 0 aliphatic rings. The van der Waals surface area contributed by atoms with Crippen LogP contribution < -0.4 is 14.8 Å². The number of nitrogens with one attached hydrogen (secondary N) is 1. The molecule has 0 spiro atoms. The summed E-state index contributed by atoms with van der Waals surface area (Å²) in [5.74, 6) is 1.71. The maximum atomic E-state index is 12.3. The monoisotopic (exact) mass is 314 g/mol. The molecular formula is C18H22N2O3. The van der Waals surface area contributed by atoms with E-state index in [1.807, 2.05) is 44.2 Å². The normalized spacial score (nSPS) is 11.7. The van der Waals surface area contributed by atoms with E-state index in [-0.39, 0.29) is 11.8 Å². The number of anilines is 1. The number of hydrogen-bond donors (Lipinski definition) is 1. The third-order valence-electron chi connectivity index (χ3n) is 3.69. The largest absolute Gasteiger partial charge is 0.493 e. The highest BCUT2D eigenvalue weighted by Gasteiger charge is 2.16. The average Bonchev–Trinajstić information content (AvgIpc) is 2.56. The van der Waals surface area contributed by atoms with Gasteiger partial charge in [0, 0.05) is 12.1 Å². The van der Waals surface area contributed by atoms with Gasteiger partial charge in [0.2, 0.25) is 5.91 Å². The van der Waals surface area contributed by atoms with Gasteiger partial charge in [0.05, 0.1) is 14.2 Å². The summed E-state index contributed by atoms with van der Waals surface area (Å²) in [6, 6.07) is 9.45. The van der Waals surface area contributed by atoms with Crippen LogP contribution in [-0.2, 0) is 11.2 Å². The highest BCUT2D eigenvalue weighted by Crippen LogP contribution is 2.28. The van der Waals surface area contributed by atoms with Crippen molar-refractivity contribution < 1.29 is 14.3 Å². The van der Waals surface area contributed by atoms with Crippen molar-refractivity contribution in [3.63, 3.8) is 0 Å². The first kappa shape index (κ1) is 16.8. The summed E-state index contributed by atoms with van der Waals surface area (Å²) in [5, 5.41) is 2.88. The van der Waals surface area contributed by atoms with Gasteiger partial charge >= 0.3 is 0 Å². The third kappa shape index (κ3) is 4.22. The molecule has 23 heavy (non-hydrogen) atoms. The maximum absolute atomic E-state index is 12.3. The Hall–Kier alpha value is -2.56. The highest BCUT2D eigenvalue weighted by atomic mass is 16.5. The van der Waals surface area contributed by atoms with Crippen molar-refractivity contribution in [2.45, 2.75) is 20.3 Å². The van der Waals surface area contributed by atoms with E-state index in [1.54, 1.807) is 20.4 Å². The molecule has 1 unspecified atom stereocenters. The average molecular weight is 314 g/mol. The van der Waals surface area contributed by atoms with Crippen LogP contribution in [0.4, 0.5) is 5.82 Å². The topological polar surface area (TPSA) is 60.5 Å². The number of nitrogens with zero attached hydrogens (tertiary/aromatic N) is 1.